The molecule has 0 bridgehead atoms. The highest BCUT2D eigenvalue weighted by atomic mass is 32.1. The summed E-state index contributed by atoms with van der Waals surface area (Å²) in [7, 11) is 0. The van der Waals surface area contributed by atoms with Crippen molar-refractivity contribution in [2.75, 3.05) is 13.2 Å². The lowest BCUT2D eigenvalue weighted by Crippen LogP contribution is -2.56. The van der Waals surface area contributed by atoms with Gasteiger partial charge in [0.1, 0.15) is 18.4 Å². The molecule has 2 amide bonds. The van der Waals surface area contributed by atoms with E-state index in [2.05, 4.69) is 15.6 Å². The van der Waals surface area contributed by atoms with E-state index in [0.717, 1.165) is 16.9 Å². The normalized spacial score (nSPS) is 14.0. The number of nitrogens with one attached hydrogen (secondary N) is 3. The molecule has 210 valence electrons. The van der Waals surface area contributed by atoms with Crippen LogP contribution in [0.3, 0.4) is 0 Å². The maximum absolute atomic E-state index is 12.9. The molecule has 2 aromatic rings. The van der Waals surface area contributed by atoms with E-state index in [0.29, 0.717) is 17.0 Å². The van der Waals surface area contributed by atoms with Gasteiger partial charge in [-0.1, -0.05) is 58.1 Å². The maximum Gasteiger partial charge on any atom is 0.333 e. The van der Waals surface area contributed by atoms with E-state index in [-0.39, 0.29) is 36.2 Å². The Morgan fingerprint density at radius 1 is 1.11 bits per heavy atom. The molecular formula is C26H37N3O8S. The van der Waals surface area contributed by atoms with Crippen molar-refractivity contribution in [2.24, 2.45) is 17.3 Å². The molecule has 0 aliphatic carbocycles. The number of carbonyl (C=O) groups excluding carboxylic acids is 2. The summed E-state index contributed by atoms with van der Waals surface area (Å²) < 4.78 is 5.67. The molecule has 2 unspecified atom stereocenters. The number of aromatic nitrogens is 1. The molecule has 3 atom stereocenters. The number of aliphatic carboxylic acids is 1. The zero-order valence-corrected chi connectivity index (χ0v) is 23.1. The van der Waals surface area contributed by atoms with Gasteiger partial charge in [-0.05, 0) is 35.4 Å². The molecule has 1 heterocycles. The summed E-state index contributed by atoms with van der Waals surface area (Å²) in [6, 6.07) is 6.13. The Kier molecular flexibility index (Phi) is 10.9. The first kappa shape index (κ1) is 30.8. The van der Waals surface area contributed by atoms with Crippen molar-refractivity contribution in [3.05, 3.63) is 44.4 Å². The summed E-state index contributed by atoms with van der Waals surface area (Å²) in [5, 5.41) is 34.3. The fraction of sp³-hybridized carbons (Fsp3) is 0.538. The molecule has 0 aliphatic heterocycles. The first-order valence-corrected chi connectivity index (χ1v) is 13.1. The second-order valence-corrected chi connectivity index (χ2v) is 11.6. The molecule has 12 heteroatoms. The van der Waals surface area contributed by atoms with Gasteiger partial charge in [0.2, 0.25) is 17.7 Å². The number of H-pyrrole nitrogens is 1. The number of carboxylic acid groups (broad SMARTS) is 1. The van der Waals surface area contributed by atoms with Gasteiger partial charge in [0.05, 0.1) is 17.3 Å². The van der Waals surface area contributed by atoms with Crippen molar-refractivity contribution >= 4 is 29.1 Å². The van der Waals surface area contributed by atoms with Gasteiger partial charge in [-0.2, -0.15) is 0 Å². The zero-order valence-electron chi connectivity index (χ0n) is 22.2. The van der Waals surface area contributed by atoms with Crippen molar-refractivity contribution in [1.82, 2.24) is 15.6 Å². The van der Waals surface area contributed by atoms with E-state index in [1.807, 2.05) is 26.0 Å². The quantitative estimate of drug-likeness (QED) is 0.204. The molecule has 0 fully saturated rings. The summed E-state index contributed by atoms with van der Waals surface area (Å²) in [6.07, 6.45) is -1.33. The van der Waals surface area contributed by atoms with Gasteiger partial charge in [0.15, 0.2) is 6.10 Å². The number of thiazole rings is 1. The first-order chi connectivity index (χ1) is 17.7. The highest BCUT2D eigenvalue weighted by Crippen LogP contribution is 2.23. The molecule has 2 rings (SSSR count). The number of aromatic amines is 1. The van der Waals surface area contributed by atoms with Crippen LogP contribution in [0.25, 0.3) is 0 Å². The standard InChI is InChI=1S/C26H37N3O8S/c1-14(2)12-17(19(30)24(34)35)21(31)28-20(26(3,4)5)23(33)27-10-11-37-16-8-6-15(7-9-16)13-18-22(32)29-25(36)38-18/h6-9,14,17,19-20,30,32H,10-13H2,1-5H3,(H,27,33)(H,28,31)(H,29,36)(H,34,35)/t17?,19?,20-/m1/s1. The molecular weight excluding hydrogens is 514 g/mol. The molecule has 0 saturated carbocycles. The number of hydrogen-bond donors (Lipinski definition) is 6. The van der Waals surface area contributed by atoms with Crippen molar-refractivity contribution in [1.29, 1.82) is 0 Å². The summed E-state index contributed by atoms with van der Waals surface area (Å²) in [6.45, 7) is 9.25. The van der Waals surface area contributed by atoms with Crippen molar-refractivity contribution < 1.29 is 34.4 Å². The molecule has 0 aliphatic rings. The molecule has 6 N–H and O–H groups in total. The number of benzene rings is 1. The number of hydrogen-bond acceptors (Lipinski definition) is 8. The largest absolute Gasteiger partial charge is 0.494 e. The lowest BCUT2D eigenvalue weighted by atomic mass is 9.84. The van der Waals surface area contributed by atoms with Gasteiger partial charge in [-0.3, -0.25) is 19.4 Å². The minimum atomic E-state index is -1.88. The fourth-order valence-electron chi connectivity index (χ4n) is 3.79. The van der Waals surface area contributed by atoms with Gasteiger partial charge in [-0.15, -0.1) is 0 Å². The third-order valence-corrected chi connectivity index (χ3v) is 6.64. The molecule has 0 radical (unpaired) electrons. The second kappa shape index (κ2) is 13.4. The number of aliphatic hydroxyl groups excluding tert-OH is 1. The SMILES string of the molecule is CC(C)CC(C(=O)N[C@H](C(=O)NCCOc1ccc(Cc2sc(=O)[nH]c2O)cc1)C(C)(C)C)C(O)C(=O)O. The van der Waals surface area contributed by atoms with Crippen LogP contribution in [-0.2, 0) is 20.8 Å². The first-order valence-electron chi connectivity index (χ1n) is 12.3. The number of aromatic hydroxyl groups is 1. The zero-order chi connectivity index (χ0) is 28.6. The number of amides is 2. The average Bonchev–Trinajstić information content (AvgIpc) is 3.14. The molecule has 1 aromatic heterocycles. The van der Waals surface area contributed by atoms with E-state index in [1.165, 1.54) is 0 Å². The third-order valence-electron chi connectivity index (χ3n) is 5.77. The van der Waals surface area contributed by atoms with E-state index in [1.54, 1.807) is 32.9 Å². The Hall–Kier alpha value is -3.38. The maximum atomic E-state index is 12.9. The minimum Gasteiger partial charge on any atom is -0.494 e. The average molecular weight is 552 g/mol. The summed E-state index contributed by atoms with van der Waals surface area (Å²) in [5.74, 6) is -3.44. The Bertz CT molecular complexity index is 1150. The fourth-order valence-corrected chi connectivity index (χ4v) is 4.55. The third kappa shape index (κ3) is 9.18. The number of carbonyl (C=O) groups is 3. The van der Waals surface area contributed by atoms with Crippen LogP contribution in [-0.4, -0.2) is 63.4 Å². The van der Waals surface area contributed by atoms with Crippen molar-refractivity contribution in [3.63, 3.8) is 0 Å². The minimum absolute atomic E-state index is 0.0417. The predicted molar refractivity (Wildman–Crippen MR) is 142 cm³/mol. The Morgan fingerprint density at radius 3 is 2.24 bits per heavy atom. The number of carboxylic acids is 1. The van der Waals surface area contributed by atoms with Crippen LogP contribution in [0.2, 0.25) is 0 Å². The monoisotopic (exact) mass is 551 g/mol. The van der Waals surface area contributed by atoms with E-state index >= 15 is 0 Å². The van der Waals surface area contributed by atoms with Gasteiger partial charge in [-0.25, -0.2) is 4.79 Å². The molecule has 0 saturated heterocycles. The van der Waals surface area contributed by atoms with Crippen LogP contribution in [0.5, 0.6) is 11.6 Å². The number of ether oxygens (including phenoxy) is 1. The summed E-state index contributed by atoms with van der Waals surface area (Å²) in [4.78, 5) is 51.0. The van der Waals surface area contributed by atoms with Crippen LogP contribution in [0.1, 0.15) is 51.5 Å². The Labute approximate surface area is 225 Å². The Balaban J connectivity index is 1.92. The molecule has 0 spiro atoms. The van der Waals surface area contributed by atoms with E-state index in [4.69, 9.17) is 4.74 Å². The van der Waals surface area contributed by atoms with Crippen LogP contribution < -0.4 is 20.2 Å². The number of aliphatic hydroxyl groups is 1. The molecule has 11 nitrogen and oxygen atoms in total. The molecule has 1 aromatic carbocycles. The van der Waals surface area contributed by atoms with Gasteiger partial charge < -0.3 is 30.7 Å². The lowest BCUT2D eigenvalue weighted by molar-refractivity contribution is -0.154. The van der Waals surface area contributed by atoms with Crippen LogP contribution in [0.4, 0.5) is 0 Å². The van der Waals surface area contributed by atoms with Gasteiger partial charge in [0.25, 0.3) is 0 Å². The second-order valence-electron chi connectivity index (χ2n) is 10.6. The van der Waals surface area contributed by atoms with Crippen molar-refractivity contribution in [2.45, 2.75) is 59.6 Å². The van der Waals surface area contributed by atoms with Gasteiger partial charge >= 0.3 is 10.8 Å². The summed E-state index contributed by atoms with van der Waals surface area (Å²) >= 11 is 0.949. The van der Waals surface area contributed by atoms with Crippen LogP contribution in [0.15, 0.2) is 29.1 Å². The van der Waals surface area contributed by atoms with E-state index < -0.39 is 41.3 Å². The van der Waals surface area contributed by atoms with Crippen LogP contribution >= 0.6 is 11.3 Å². The smallest absolute Gasteiger partial charge is 0.333 e. The van der Waals surface area contributed by atoms with E-state index in [9.17, 15) is 34.5 Å². The highest BCUT2D eigenvalue weighted by Gasteiger charge is 2.38. The van der Waals surface area contributed by atoms with Crippen LogP contribution in [0, 0.1) is 17.3 Å². The molecule has 38 heavy (non-hydrogen) atoms. The summed E-state index contributed by atoms with van der Waals surface area (Å²) in [5.41, 5.74) is 0.193. The van der Waals surface area contributed by atoms with Crippen molar-refractivity contribution in [3.8, 4) is 11.6 Å². The lowest BCUT2D eigenvalue weighted by Gasteiger charge is -2.32. The van der Waals surface area contributed by atoms with Gasteiger partial charge in [0, 0.05) is 6.42 Å². The Morgan fingerprint density at radius 2 is 1.74 bits per heavy atom. The predicted octanol–water partition coefficient (Wildman–Crippen LogP) is 1.87. The number of rotatable bonds is 13. The highest BCUT2D eigenvalue weighted by molar-refractivity contribution is 7.09. The topological polar surface area (TPSA) is 178 Å².